The largest absolute Gasteiger partial charge is 0.368 e. The number of nitrogens with zero attached hydrogens (tertiary/aromatic N) is 1. The number of rotatable bonds is 2. The van der Waals surface area contributed by atoms with Gasteiger partial charge in [-0.1, -0.05) is 36.7 Å². The fourth-order valence-electron chi connectivity index (χ4n) is 2.96. The Balaban J connectivity index is 2.23. The average Bonchev–Trinajstić information content (AvgIpc) is 2.68. The van der Waals surface area contributed by atoms with Gasteiger partial charge >= 0.3 is 0 Å². The maximum absolute atomic E-state index is 12.6. The molecule has 1 aliphatic rings. The van der Waals surface area contributed by atoms with Crippen LogP contribution in [0.3, 0.4) is 0 Å². The summed E-state index contributed by atoms with van der Waals surface area (Å²) in [4.78, 5) is 2.13. The number of alkyl halides is 1. The first-order valence-corrected chi connectivity index (χ1v) is 6.62. The molecule has 0 amide bonds. The normalized spacial score (nSPS) is 18.4. The van der Waals surface area contributed by atoms with Gasteiger partial charge in [0.2, 0.25) is 0 Å². The standard InChI is InChI=1S/C15H15ClFN/c1-10-9-18(8-7-17)14-6-5-11-12(15(10)14)3-2-4-13(11)16/h2-6,10H,7-9H2,1H3. The van der Waals surface area contributed by atoms with Crippen LogP contribution in [0, 0.1) is 0 Å². The van der Waals surface area contributed by atoms with Gasteiger partial charge in [0.1, 0.15) is 6.67 Å². The van der Waals surface area contributed by atoms with E-state index in [4.69, 9.17) is 11.6 Å². The fourth-order valence-corrected chi connectivity index (χ4v) is 3.20. The molecule has 0 fully saturated rings. The van der Waals surface area contributed by atoms with Crippen LogP contribution in [0.5, 0.6) is 0 Å². The third-order valence-electron chi connectivity index (χ3n) is 3.71. The molecule has 0 saturated heterocycles. The summed E-state index contributed by atoms with van der Waals surface area (Å²) < 4.78 is 12.6. The van der Waals surface area contributed by atoms with Gasteiger partial charge in [-0.25, -0.2) is 4.39 Å². The summed E-state index contributed by atoms with van der Waals surface area (Å²) in [6.07, 6.45) is 0. The molecular weight excluding hydrogens is 249 g/mol. The van der Waals surface area contributed by atoms with Crippen molar-refractivity contribution in [3.8, 4) is 0 Å². The minimum atomic E-state index is -0.306. The van der Waals surface area contributed by atoms with Crippen LogP contribution in [-0.4, -0.2) is 19.8 Å². The van der Waals surface area contributed by atoms with Gasteiger partial charge in [-0.2, -0.15) is 0 Å². The Kier molecular flexibility index (Phi) is 2.90. The number of hydrogen-bond acceptors (Lipinski definition) is 1. The number of anilines is 1. The highest BCUT2D eigenvalue weighted by molar-refractivity contribution is 6.35. The second-order valence-corrected chi connectivity index (χ2v) is 5.28. The van der Waals surface area contributed by atoms with Crippen molar-refractivity contribution < 1.29 is 4.39 Å². The van der Waals surface area contributed by atoms with Crippen molar-refractivity contribution >= 4 is 28.1 Å². The van der Waals surface area contributed by atoms with Crippen molar-refractivity contribution in [3.63, 3.8) is 0 Å². The van der Waals surface area contributed by atoms with Gasteiger partial charge in [-0.3, -0.25) is 0 Å². The van der Waals surface area contributed by atoms with Crippen molar-refractivity contribution in [1.82, 2.24) is 0 Å². The summed E-state index contributed by atoms with van der Waals surface area (Å²) in [6.45, 7) is 3.26. The molecule has 1 atom stereocenters. The molecule has 18 heavy (non-hydrogen) atoms. The smallest absolute Gasteiger partial charge is 0.107 e. The number of halogens is 2. The van der Waals surface area contributed by atoms with E-state index in [-0.39, 0.29) is 6.67 Å². The highest BCUT2D eigenvalue weighted by Gasteiger charge is 2.27. The van der Waals surface area contributed by atoms with Crippen LogP contribution < -0.4 is 4.90 Å². The third-order valence-corrected chi connectivity index (χ3v) is 4.04. The summed E-state index contributed by atoms with van der Waals surface area (Å²) in [5.74, 6) is 0.425. The number of hydrogen-bond donors (Lipinski definition) is 0. The van der Waals surface area contributed by atoms with Crippen LogP contribution in [0.2, 0.25) is 5.02 Å². The molecule has 0 aliphatic carbocycles. The van der Waals surface area contributed by atoms with Gasteiger partial charge in [-0.05, 0) is 23.1 Å². The topological polar surface area (TPSA) is 3.24 Å². The van der Waals surface area contributed by atoms with Gasteiger partial charge in [0.05, 0.1) is 0 Å². The highest BCUT2D eigenvalue weighted by Crippen LogP contribution is 2.42. The average molecular weight is 264 g/mol. The molecule has 0 aromatic heterocycles. The molecular formula is C15H15ClFN. The van der Waals surface area contributed by atoms with Crippen LogP contribution in [0.15, 0.2) is 30.3 Å². The monoisotopic (exact) mass is 263 g/mol. The van der Waals surface area contributed by atoms with Gasteiger partial charge in [0, 0.05) is 35.1 Å². The van der Waals surface area contributed by atoms with E-state index in [1.54, 1.807) is 0 Å². The molecule has 1 aliphatic heterocycles. The van der Waals surface area contributed by atoms with Gasteiger partial charge in [-0.15, -0.1) is 0 Å². The van der Waals surface area contributed by atoms with E-state index in [9.17, 15) is 4.39 Å². The highest BCUT2D eigenvalue weighted by atomic mass is 35.5. The maximum Gasteiger partial charge on any atom is 0.107 e. The van der Waals surface area contributed by atoms with Crippen LogP contribution in [0.1, 0.15) is 18.4 Å². The van der Waals surface area contributed by atoms with Crippen LogP contribution in [0.25, 0.3) is 10.8 Å². The molecule has 94 valence electrons. The lowest BCUT2D eigenvalue weighted by atomic mass is 9.96. The molecule has 0 bridgehead atoms. The second kappa shape index (κ2) is 4.43. The molecule has 2 aromatic rings. The van der Waals surface area contributed by atoms with E-state index < -0.39 is 0 Å². The summed E-state index contributed by atoms with van der Waals surface area (Å²) >= 11 is 6.23. The van der Waals surface area contributed by atoms with Gasteiger partial charge in [0.25, 0.3) is 0 Å². The van der Waals surface area contributed by atoms with Crippen molar-refractivity contribution in [2.45, 2.75) is 12.8 Å². The van der Waals surface area contributed by atoms with E-state index in [1.165, 1.54) is 10.9 Å². The number of benzene rings is 2. The summed E-state index contributed by atoms with van der Waals surface area (Å²) in [6, 6.07) is 10.1. The minimum absolute atomic E-state index is 0.306. The molecule has 0 saturated carbocycles. The van der Waals surface area contributed by atoms with Crippen molar-refractivity contribution in [1.29, 1.82) is 0 Å². The van der Waals surface area contributed by atoms with E-state index in [2.05, 4.69) is 24.0 Å². The molecule has 1 unspecified atom stereocenters. The van der Waals surface area contributed by atoms with E-state index in [1.807, 2.05) is 18.2 Å². The summed E-state index contributed by atoms with van der Waals surface area (Å²) in [7, 11) is 0. The SMILES string of the molecule is CC1CN(CCF)c2ccc3c(Cl)cccc3c21. The molecule has 1 heterocycles. The van der Waals surface area contributed by atoms with Crippen molar-refractivity contribution in [2.24, 2.45) is 0 Å². The predicted octanol–water partition coefficient (Wildman–Crippen LogP) is 4.39. The fraction of sp³-hybridized carbons (Fsp3) is 0.333. The molecule has 0 spiro atoms. The summed E-state index contributed by atoms with van der Waals surface area (Å²) in [5.41, 5.74) is 2.47. The second-order valence-electron chi connectivity index (χ2n) is 4.87. The van der Waals surface area contributed by atoms with E-state index in [0.29, 0.717) is 12.5 Å². The Morgan fingerprint density at radius 3 is 2.89 bits per heavy atom. The molecule has 2 aromatic carbocycles. The first-order valence-electron chi connectivity index (χ1n) is 6.24. The molecule has 3 rings (SSSR count). The maximum atomic E-state index is 12.6. The van der Waals surface area contributed by atoms with Crippen LogP contribution >= 0.6 is 11.6 Å². The van der Waals surface area contributed by atoms with Gasteiger partial charge in [0.15, 0.2) is 0 Å². The van der Waals surface area contributed by atoms with Gasteiger partial charge < -0.3 is 4.90 Å². The van der Waals surface area contributed by atoms with Crippen LogP contribution in [-0.2, 0) is 0 Å². The Morgan fingerprint density at radius 1 is 1.28 bits per heavy atom. The van der Waals surface area contributed by atoms with Crippen LogP contribution in [0.4, 0.5) is 10.1 Å². The zero-order valence-corrected chi connectivity index (χ0v) is 11.0. The lowest BCUT2D eigenvalue weighted by Gasteiger charge is -2.17. The molecule has 0 radical (unpaired) electrons. The minimum Gasteiger partial charge on any atom is -0.368 e. The first-order chi connectivity index (χ1) is 8.72. The Labute approximate surface area is 111 Å². The van der Waals surface area contributed by atoms with Crippen molar-refractivity contribution in [3.05, 3.63) is 40.9 Å². The molecule has 0 N–H and O–H groups in total. The lowest BCUT2D eigenvalue weighted by Crippen LogP contribution is -2.23. The van der Waals surface area contributed by atoms with Crippen molar-refractivity contribution in [2.75, 3.05) is 24.7 Å². The Hall–Kier alpha value is -1.28. The van der Waals surface area contributed by atoms with E-state index in [0.717, 1.165) is 22.6 Å². The zero-order chi connectivity index (χ0) is 12.7. The Morgan fingerprint density at radius 2 is 2.11 bits per heavy atom. The molecule has 1 nitrogen and oxygen atoms in total. The first kappa shape index (κ1) is 11.8. The number of fused-ring (bicyclic) bond motifs is 3. The predicted molar refractivity (Wildman–Crippen MR) is 75.6 cm³/mol. The zero-order valence-electron chi connectivity index (χ0n) is 10.3. The summed E-state index contributed by atoms with van der Waals surface area (Å²) in [5, 5.41) is 3.08. The Bertz CT molecular complexity index is 596. The van der Waals surface area contributed by atoms with E-state index >= 15 is 0 Å². The lowest BCUT2D eigenvalue weighted by molar-refractivity contribution is 0.491. The molecule has 3 heteroatoms. The quantitative estimate of drug-likeness (QED) is 0.777. The third kappa shape index (κ3) is 1.67.